The van der Waals surface area contributed by atoms with Crippen LogP contribution in [0.15, 0.2) is 29.3 Å². The van der Waals surface area contributed by atoms with Gasteiger partial charge in [-0.2, -0.15) is 0 Å². The number of ether oxygens (including phenoxy) is 2. The Bertz CT molecular complexity index is 463. The molecule has 0 aromatic heterocycles. The molecule has 1 unspecified atom stereocenters. The van der Waals surface area contributed by atoms with Gasteiger partial charge in [-0.1, -0.05) is 18.2 Å². The summed E-state index contributed by atoms with van der Waals surface area (Å²) in [5.41, 5.74) is 7.13. The Morgan fingerprint density at radius 3 is 3.10 bits per heavy atom. The topological polar surface area (TPSA) is 68.9 Å². The largest absolute Gasteiger partial charge is 0.493 e. The fourth-order valence-corrected chi connectivity index (χ4v) is 2.45. The SMILES string of the molecule is COCCCCCN=C(N)NC1CCOc2ccccc21. The van der Waals surface area contributed by atoms with Crippen LogP contribution in [-0.2, 0) is 4.74 Å². The first-order valence-corrected chi connectivity index (χ1v) is 7.58. The number of benzene rings is 1. The van der Waals surface area contributed by atoms with Crippen LogP contribution in [0.25, 0.3) is 0 Å². The smallest absolute Gasteiger partial charge is 0.189 e. The molecule has 5 nitrogen and oxygen atoms in total. The molecule has 0 aliphatic carbocycles. The van der Waals surface area contributed by atoms with Gasteiger partial charge in [0, 0.05) is 32.2 Å². The van der Waals surface area contributed by atoms with E-state index in [1.165, 1.54) is 0 Å². The number of fused-ring (bicyclic) bond motifs is 1. The second-order valence-electron chi connectivity index (χ2n) is 5.19. The lowest BCUT2D eigenvalue weighted by molar-refractivity contribution is 0.192. The summed E-state index contributed by atoms with van der Waals surface area (Å²) >= 11 is 0. The Hall–Kier alpha value is -1.75. The highest BCUT2D eigenvalue weighted by molar-refractivity contribution is 5.78. The number of unbranched alkanes of at least 4 members (excludes halogenated alkanes) is 2. The molecule has 1 aromatic carbocycles. The van der Waals surface area contributed by atoms with Crippen LogP contribution in [-0.4, -0.2) is 32.8 Å². The van der Waals surface area contributed by atoms with E-state index in [1.54, 1.807) is 7.11 Å². The first kappa shape index (κ1) is 15.6. The van der Waals surface area contributed by atoms with Crippen molar-refractivity contribution in [2.24, 2.45) is 10.7 Å². The highest BCUT2D eigenvalue weighted by Crippen LogP contribution is 2.31. The fourth-order valence-electron chi connectivity index (χ4n) is 2.45. The van der Waals surface area contributed by atoms with Gasteiger partial charge in [0.1, 0.15) is 5.75 Å². The molecule has 0 amide bonds. The molecule has 1 aliphatic rings. The average Bonchev–Trinajstić information content (AvgIpc) is 2.51. The summed E-state index contributed by atoms with van der Waals surface area (Å²) in [4.78, 5) is 4.39. The van der Waals surface area contributed by atoms with Gasteiger partial charge in [-0.3, -0.25) is 4.99 Å². The molecule has 1 aromatic rings. The number of guanidine groups is 1. The molecule has 3 N–H and O–H groups in total. The third-order valence-corrected chi connectivity index (χ3v) is 3.57. The van der Waals surface area contributed by atoms with Crippen LogP contribution < -0.4 is 15.8 Å². The zero-order chi connectivity index (χ0) is 14.9. The Morgan fingerprint density at radius 1 is 1.38 bits per heavy atom. The monoisotopic (exact) mass is 291 g/mol. The van der Waals surface area contributed by atoms with E-state index >= 15 is 0 Å². The number of rotatable bonds is 7. The van der Waals surface area contributed by atoms with Crippen LogP contribution in [0.2, 0.25) is 0 Å². The maximum Gasteiger partial charge on any atom is 0.189 e. The van der Waals surface area contributed by atoms with Gasteiger partial charge in [-0.25, -0.2) is 0 Å². The standard InChI is InChI=1S/C16H25N3O2/c1-20-11-6-2-5-10-18-16(17)19-14-9-12-21-15-8-4-3-7-13(14)15/h3-4,7-8,14H,2,5-6,9-12H2,1H3,(H3,17,18,19). The molecule has 0 bridgehead atoms. The van der Waals surface area contributed by atoms with Crippen molar-refractivity contribution in [3.63, 3.8) is 0 Å². The molecule has 116 valence electrons. The summed E-state index contributed by atoms with van der Waals surface area (Å²) in [6.45, 7) is 2.28. The minimum absolute atomic E-state index is 0.187. The van der Waals surface area contributed by atoms with E-state index in [-0.39, 0.29) is 6.04 Å². The molecule has 0 fully saturated rings. The van der Waals surface area contributed by atoms with E-state index in [9.17, 15) is 0 Å². The Kier molecular flexibility index (Phi) is 6.34. The summed E-state index contributed by atoms with van der Waals surface area (Å²) < 4.78 is 10.7. The van der Waals surface area contributed by atoms with Gasteiger partial charge in [0.25, 0.3) is 0 Å². The minimum atomic E-state index is 0.187. The number of para-hydroxylation sites is 1. The van der Waals surface area contributed by atoms with Crippen molar-refractivity contribution in [1.82, 2.24) is 5.32 Å². The second kappa shape index (κ2) is 8.52. The van der Waals surface area contributed by atoms with Crippen LogP contribution in [0, 0.1) is 0 Å². The van der Waals surface area contributed by atoms with Crippen LogP contribution in [0.1, 0.15) is 37.3 Å². The number of hydrogen-bond donors (Lipinski definition) is 2. The predicted octanol–water partition coefficient (Wildman–Crippen LogP) is 2.23. The molecule has 1 atom stereocenters. The maximum absolute atomic E-state index is 5.98. The predicted molar refractivity (Wildman–Crippen MR) is 84.6 cm³/mol. The zero-order valence-electron chi connectivity index (χ0n) is 12.7. The maximum atomic E-state index is 5.98. The van der Waals surface area contributed by atoms with Crippen LogP contribution in [0.3, 0.4) is 0 Å². The summed E-state index contributed by atoms with van der Waals surface area (Å²) in [5.74, 6) is 1.46. The number of nitrogens with zero attached hydrogens (tertiary/aromatic N) is 1. The van der Waals surface area contributed by atoms with Gasteiger partial charge in [0.15, 0.2) is 5.96 Å². The van der Waals surface area contributed by atoms with Crippen molar-refractivity contribution >= 4 is 5.96 Å². The molecule has 5 heteroatoms. The van der Waals surface area contributed by atoms with Crippen molar-refractivity contribution in [3.8, 4) is 5.75 Å². The van der Waals surface area contributed by atoms with E-state index in [1.807, 2.05) is 18.2 Å². The van der Waals surface area contributed by atoms with Gasteiger partial charge in [-0.05, 0) is 25.3 Å². The van der Waals surface area contributed by atoms with E-state index in [0.29, 0.717) is 12.6 Å². The number of nitrogens with one attached hydrogen (secondary N) is 1. The van der Waals surface area contributed by atoms with Crippen molar-refractivity contribution in [3.05, 3.63) is 29.8 Å². The molecule has 0 radical (unpaired) electrons. The lowest BCUT2D eigenvalue weighted by atomic mass is 10.0. The molecule has 21 heavy (non-hydrogen) atoms. The average molecular weight is 291 g/mol. The van der Waals surface area contributed by atoms with Crippen LogP contribution >= 0.6 is 0 Å². The highest BCUT2D eigenvalue weighted by Gasteiger charge is 2.20. The van der Waals surface area contributed by atoms with Gasteiger partial charge >= 0.3 is 0 Å². The minimum Gasteiger partial charge on any atom is -0.493 e. The van der Waals surface area contributed by atoms with E-state index in [4.69, 9.17) is 15.2 Å². The Morgan fingerprint density at radius 2 is 2.24 bits per heavy atom. The Labute approximate surface area is 126 Å². The van der Waals surface area contributed by atoms with Gasteiger partial charge in [-0.15, -0.1) is 0 Å². The van der Waals surface area contributed by atoms with Gasteiger partial charge in [0.2, 0.25) is 0 Å². The third kappa shape index (κ3) is 4.93. The lowest BCUT2D eigenvalue weighted by Gasteiger charge is -2.26. The van der Waals surface area contributed by atoms with E-state index in [0.717, 1.165) is 50.1 Å². The highest BCUT2D eigenvalue weighted by atomic mass is 16.5. The summed E-state index contributed by atoms with van der Waals surface area (Å²) in [5, 5.41) is 3.30. The number of nitrogens with two attached hydrogens (primary N) is 1. The summed E-state index contributed by atoms with van der Waals surface area (Å²) in [6, 6.07) is 8.26. The molecule has 1 heterocycles. The van der Waals surface area contributed by atoms with Gasteiger partial charge < -0.3 is 20.5 Å². The molecule has 2 rings (SSSR count). The molecule has 1 aliphatic heterocycles. The third-order valence-electron chi connectivity index (χ3n) is 3.57. The first-order valence-electron chi connectivity index (χ1n) is 7.58. The zero-order valence-corrected chi connectivity index (χ0v) is 12.7. The molecule has 0 spiro atoms. The normalized spacial score (nSPS) is 18.0. The molecular weight excluding hydrogens is 266 g/mol. The first-order chi connectivity index (χ1) is 10.3. The summed E-state index contributed by atoms with van der Waals surface area (Å²) in [7, 11) is 1.73. The lowest BCUT2D eigenvalue weighted by Crippen LogP contribution is -2.37. The van der Waals surface area contributed by atoms with Crippen molar-refractivity contribution < 1.29 is 9.47 Å². The fraction of sp³-hybridized carbons (Fsp3) is 0.562. The molecule has 0 saturated heterocycles. The number of aliphatic imine (C=N–C) groups is 1. The van der Waals surface area contributed by atoms with Crippen molar-refractivity contribution in [1.29, 1.82) is 0 Å². The van der Waals surface area contributed by atoms with E-state index in [2.05, 4.69) is 16.4 Å². The number of hydrogen-bond acceptors (Lipinski definition) is 3. The summed E-state index contributed by atoms with van der Waals surface area (Å²) in [6.07, 6.45) is 4.13. The second-order valence-corrected chi connectivity index (χ2v) is 5.19. The molecule has 0 saturated carbocycles. The van der Waals surface area contributed by atoms with E-state index < -0.39 is 0 Å². The Balaban J connectivity index is 1.79. The van der Waals surface area contributed by atoms with Crippen molar-refractivity contribution in [2.45, 2.75) is 31.7 Å². The number of methoxy groups -OCH3 is 1. The van der Waals surface area contributed by atoms with Crippen molar-refractivity contribution in [2.75, 3.05) is 26.9 Å². The van der Waals surface area contributed by atoms with Gasteiger partial charge in [0.05, 0.1) is 12.6 Å². The quantitative estimate of drug-likeness (QED) is 0.459. The molecular formula is C16H25N3O2. The van der Waals surface area contributed by atoms with Crippen LogP contribution in [0.5, 0.6) is 5.75 Å². The van der Waals surface area contributed by atoms with Crippen LogP contribution in [0.4, 0.5) is 0 Å².